The van der Waals surface area contributed by atoms with Crippen LogP contribution in [0.2, 0.25) is 0 Å². The largest absolute Gasteiger partial charge is 0.464 e. The van der Waals surface area contributed by atoms with E-state index in [0.717, 1.165) is 6.54 Å². The van der Waals surface area contributed by atoms with Gasteiger partial charge in [0.1, 0.15) is 0 Å². The van der Waals surface area contributed by atoms with Gasteiger partial charge in [0.05, 0.1) is 6.54 Å². The number of nitrogens with zero attached hydrogens (tertiary/aromatic N) is 2. The number of piperidine rings is 1. The van der Waals surface area contributed by atoms with Crippen LogP contribution in [-0.2, 0) is 6.54 Å². The summed E-state index contributed by atoms with van der Waals surface area (Å²) in [6, 6.07) is 4.05. The molecule has 19 heavy (non-hydrogen) atoms. The zero-order valence-corrected chi connectivity index (χ0v) is 11.3. The average Bonchev–Trinajstić information content (AvgIpc) is 2.45. The quantitative estimate of drug-likeness (QED) is 0.831. The van der Waals surface area contributed by atoms with Crippen molar-refractivity contribution >= 4 is 0 Å². The fourth-order valence-electron chi connectivity index (χ4n) is 2.24. The van der Waals surface area contributed by atoms with Crippen molar-refractivity contribution in [1.82, 2.24) is 9.88 Å². The summed E-state index contributed by atoms with van der Waals surface area (Å²) in [7, 11) is 0. The molecule has 2 N–H and O–H groups in total. The molecule has 1 saturated heterocycles. The minimum absolute atomic E-state index is 0.345. The molecule has 0 saturated carbocycles. The van der Waals surface area contributed by atoms with Crippen LogP contribution in [0.15, 0.2) is 18.3 Å². The summed E-state index contributed by atoms with van der Waals surface area (Å²) < 4.78 is 5.48. The summed E-state index contributed by atoms with van der Waals surface area (Å²) in [6.07, 6.45) is 5.78. The first kappa shape index (κ1) is 13.9. The Bertz CT molecular complexity index is 444. The van der Waals surface area contributed by atoms with Crippen LogP contribution in [0.1, 0.15) is 24.8 Å². The van der Waals surface area contributed by atoms with Crippen LogP contribution in [0.25, 0.3) is 0 Å². The summed E-state index contributed by atoms with van der Waals surface area (Å²) in [5.74, 6) is 6.24. The molecule has 0 unspecified atom stereocenters. The molecule has 4 nitrogen and oxygen atoms in total. The predicted octanol–water partition coefficient (Wildman–Crippen LogP) is 1.41. The summed E-state index contributed by atoms with van der Waals surface area (Å²) in [6.45, 7) is 4.08. The Morgan fingerprint density at radius 2 is 2.11 bits per heavy atom. The second-order valence-electron chi connectivity index (χ2n) is 4.69. The molecule has 0 amide bonds. The van der Waals surface area contributed by atoms with Gasteiger partial charge in [0.25, 0.3) is 0 Å². The molecule has 0 aromatic carbocycles. The highest BCUT2D eigenvalue weighted by atomic mass is 16.5. The molecule has 0 radical (unpaired) electrons. The Balaban J connectivity index is 1.87. The van der Waals surface area contributed by atoms with Gasteiger partial charge >= 0.3 is 0 Å². The number of ether oxygens (including phenoxy) is 1. The van der Waals surface area contributed by atoms with Gasteiger partial charge in [-0.05, 0) is 37.6 Å². The van der Waals surface area contributed by atoms with Gasteiger partial charge in [0.15, 0.2) is 6.61 Å². The maximum absolute atomic E-state index is 5.48. The van der Waals surface area contributed by atoms with Crippen LogP contribution < -0.4 is 10.5 Å². The Morgan fingerprint density at radius 1 is 1.26 bits per heavy atom. The lowest BCUT2D eigenvalue weighted by atomic mass is 10.1. The highest BCUT2D eigenvalue weighted by Crippen LogP contribution is 2.15. The van der Waals surface area contributed by atoms with Crippen LogP contribution >= 0.6 is 0 Å². The zero-order valence-electron chi connectivity index (χ0n) is 11.3. The van der Waals surface area contributed by atoms with Crippen molar-refractivity contribution in [2.45, 2.75) is 25.8 Å². The molecule has 1 aliphatic rings. The Hall–Kier alpha value is -1.57. The van der Waals surface area contributed by atoms with Gasteiger partial charge in [0.2, 0.25) is 5.88 Å². The molecule has 1 aromatic heterocycles. The van der Waals surface area contributed by atoms with Gasteiger partial charge in [-0.3, -0.25) is 4.90 Å². The second-order valence-corrected chi connectivity index (χ2v) is 4.69. The SMILES string of the molecule is NCC#CCOc1cc(CN2CCCCC2)ccn1. The molecule has 0 spiro atoms. The van der Waals surface area contributed by atoms with Crippen LogP contribution in [0, 0.1) is 11.8 Å². The molecular formula is C15H21N3O. The van der Waals surface area contributed by atoms with E-state index in [4.69, 9.17) is 10.5 Å². The third kappa shape index (κ3) is 4.90. The highest BCUT2D eigenvalue weighted by molar-refractivity contribution is 5.21. The first-order valence-corrected chi connectivity index (χ1v) is 6.84. The molecule has 0 bridgehead atoms. The summed E-state index contributed by atoms with van der Waals surface area (Å²) in [5.41, 5.74) is 6.53. The minimum Gasteiger partial charge on any atom is -0.464 e. The van der Waals surface area contributed by atoms with E-state index in [1.807, 2.05) is 12.1 Å². The smallest absolute Gasteiger partial charge is 0.214 e. The predicted molar refractivity (Wildman–Crippen MR) is 75.7 cm³/mol. The van der Waals surface area contributed by atoms with Gasteiger partial charge in [-0.25, -0.2) is 4.98 Å². The normalized spacial score (nSPS) is 15.6. The number of pyridine rings is 1. The molecule has 2 heterocycles. The molecular weight excluding hydrogens is 238 g/mol. The third-order valence-corrected chi connectivity index (χ3v) is 3.17. The maximum Gasteiger partial charge on any atom is 0.214 e. The number of aromatic nitrogens is 1. The van der Waals surface area contributed by atoms with Crippen LogP contribution in [-0.4, -0.2) is 36.1 Å². The van der Waals surface area contributed by atoms with Gasteiger partial charge in [-0.1, -0.05) is 18.3 Å². The number of likely N-dealkylation sites (tertiary alicyclic amines) is 1. The Labute approximate surface area is 115 Å². The molecule has 2 rings (SSSR count). The van der Waals surface area contributed by atoms with E-state index in [9.17, 15) is 0 Å². The topological polar surface area (TPSA) is 51.4 Å². The maximum atomic E-state index is 5.48. The van der Waals surface area contributed by atoms with Crippen molar-refractivity contribution in [3.63, 3.8) is 0 Å². The second kappa shape index (κ2) is 7.78. The Morgan fingerprint density at radius 3 is 2.89 bits per heavy atom. The van der Waals surface area contributed by atoms with Crippen molar-refractivity contribution in [3.8, 4) is 17.7 Å². The summed E-state index contributed by atoms with van der Waals surface area (Å²) >= 11 is 0. The van der Waals surface area contributed by atoms with Crippen molar-refractivity contribution < 1.29 is 4.74 Å². The number of nitrogens with two attached hydrogens (primary N) is 1. The zero-order chi connectivity index (χ0) is 13.3. The van der Waals surface area contributed by atoms with E-state index < -0.39 is 0 Å². The average molecular weight is 259 g/mol. The van der Waals surface area contributed by atoms with Crippen molar-refractivity contribution in [2.24, 2.45) is 5.73 Å². The van der Waals surface area contributed by atoms with Crippen LogP contribution in [0.5, 0.6) is 5.88 Å². The van der Waals surface area contributed by atoms with E-state index >= 15 is 0 Å². The van der Waals surface area contributed by atoms with E-state index in [1.54, 1.807) is 6.20 Å². The number of hydrogen-bond acceptors (Lipinski definition) is 4. The highest BCUT2D eigenvalue weighted by Gasteiger charge is 2.10. The lowest BCUT2D eigenvalue weighted by molar-refractivity contribution is 0.220. The van der Waals surface area contributed by atoms with Gasteiger partial charge in [0, 0.05) is 18.8 Å². The number of rotatable bonds is 4. The van der Waals surface area contributed by atoms with Gasteiger partial charge in [-0.2, -0.15) is 0 Å². The Kier molecular flexibility index (Phi) is 5.67. The first-order valence-electron chi connectivity index (χ1n) is 6.84. The van der Waals surface area contributed by atoms with Crippen molar-refractivity contribution in [3.05, 3.63) is 23.9 Å². The molecule has 0 atom stereocenters. The molecule has 0 aliphatic carbocycles. The fraction of sp³-hybridized carbons (Fsp3) is 0.533. The lowest BCUT2D eigenvalue weighted by Gasteiger charge is -2.26. The monoisotopic (exact) mass is 259 g/mol. The van der Waals surface area contributed by atoms with Crippen molar-refractivity contribution in [2.75, 3.05) is 26.2 Å². The molecule has 1 aliphatic heterocycles. The van der Waals surface area contributed by atoms with E-state index in [1.165, 1.54) is 37.9 Å². The molecule has 1 fully saturated rings. The molecule has 102 valence electrons. The minimum atomic E-state index is 0.345. The summed E-state index contributed by atoms with van der Waals surface area (Å²) in [4.78, 5) is 6.67. The van der Waals surface area contributed by atoms with Gasteiger partial charge in [-0.15, -0.1) is 0 Å². The standard InChI is InChI=1S/C15H21N3O/c16-7-2-5-11-19-15-12-14(6-8-17-15)13-18-9-3-1-4-10-18/h6,8,12H,1,3-4,7,9-11,13,16H2. The van der Waals surface area contributed by atoms with Crippen LogP contribution in [0.3, 0.4) is 0 Å². The van der Waals surface area contributed by atoms with Crippen molar-refractivity contribution in [1.29, 1.82) is 0 Å². The molecule has 4 heteroatoms. The molecule has 1 aromatic rings. The van der Waals surface area contributed by atoms with Crippen LogP contribution in [0.4, 0.5) is 0 Å². The third-order valence-electron chi connectivity index (χ3n) is 3.17. The van der Waals surface area contributed by atoms with E-state index in [0.29, 0.717) is 19.0 Å². The summed E-state index contributed by atoms with van der Waals surface area (Å²) in [5, 5.41) is 0. The van der Waals surface area contributed by atoms with Gasteiger partial charge < -0.3 is 10.5 Å². The fourth-order valence-corrected chi connectivity index (χ4v) is 2.24. The first-order chi connectivity index (χ1) is 9.38. The number of hydrogen-bond donors (Lipinski definition) is 1. The van der Waals surface area contributed by atoms with E-state index in [-0.39, 0.29) is 0 Å². The lowest BCUT2D eigenvalue weighted by Crippen LogP contribution is -2.29. The van der Waals surface area contributed by atoms with E-state index in [2.05, 4.69) is 21.7 Å².